The van der Waals surface area contributed by atoms with E-state index in [-0.39, 0.29) is 0 Å². The number of hydrogen-bond donors (Lipinski definition) is 2. The van der Waals surface area contributed by atoms with E-state index in [0.717, 1.165) is 5.82 Å². The van der Waals surface area contributed by atoms with E-state index in [9.17, 15) is 0 Å². The lowest BCUT2D eigenvalue weighted by atomic mass is 9.90. The highest BCUT2D eigenvalue weighted by Gasteiger charge is 2.25. The van der Waals surface area contributed by atoms with Gasteiger partial charge in [-0.15, -0.1) is 11.3 Å². The van der Waals surface area contributed by atoms with Gasteiger partial charge in [-0.3, -0.25) is 0 Å². The van der Waals surface area contributed by atoms with Crippen LogP contribution in [0.1, 0.15) is 56.4 Å². The van der Waals surface area contributed by atoms with Gasteiger partial charge in [-0.05, 0) is 50.5 Å². The van der Waals surface area contributed by atoms with E-state index < -0.39 is 0 Å². The van der Waals surface area contributed by atoms with Crippen LogP contribution in [0.3, 0.4) is 0 Å². The fourth-order valence-corrected chi connectivity index (χ4v) is 5.34. The Hall–Kier alpha value is -1.20. The molecule has 0 unspecified atom stereocenters. The summed E-state index contributed by atoms with van der Waals surface area (Å²) < 4.78 is 0. The van der Waals surface area contributed by atoms with E-state index in [1.165, 1.54) is 65.6 Å². The molecule has 2 N–H and O–H groups in total. The van der Waals surface area contributed by atoms with Crippen molar-refractivity contribution >= 4 is 27.4 Å². The summed E-state index contributed by atoms with van der Waals surface area (Å²) in [6.07, 6.45) is 10.4. The molecule has 0 atom stereocenters. The Bertz CT molecular complexity index is 686. The minimum absolute atomic E-state index is 0.551. The largest absolute Gasteiger partial charge is 0.367 e. The van der Waals surface area contributed by atoms with Crippen LogP contribution in [-0.2, 0) is 12.8 Å². The number of thiophene rings is 1. The van der Waals surface area contributed by atoms with Gasteiger partial charge in [0.05, 0.1) is 5.39 Å². The lowest BCUT2D eigenvalue weighted by molar-refractivity contribution is 0.335. The Morgan fingerprint density at radius 1 is 1.09 bits per heavy atom. The summed E-state index contributed by atoms with van der Waals surface area (Å²) in [7, 11) is 0. The SMILES string of the molecule is CC(C)N[C@H]1CC[C@@H](Nc2ncnc3sc4c(c23)CCC4)CC1. The average molecular weight is 331 g/mol. The van der Waals surface area contributed by atoms with E-state index >= 15 is 0 Å². The predicted molar refractivity (Wildman–Crippen MR) is 97.4 cm³/mol. The zero-order valence-electron chi connectivity index (χ0n) is 14.1. The van der Waals surface area contributed by atoms with Gasteiger partial charge in [0.25, 0.3) is 0 Å². The smallest absolute Gasteiger partial charge is 0.138 e. The van der Waals surface area contributed by atoms with Gasteiger partial charge in [-0.1, -0.05) is 13.8 Å². The number of nitrogens with zero attached hydrogens (tertiary/aromatic N) is 2. The molecular weight excluding hydrogens is 304 g/mol. The number of rotatable bonds is 4. The molecule has 0 amide bonds. The highest BCUT2D eigenvalue weighted by Crippen LogP contribution is 2.39. The molecule has 2 aromatic heterocycles. The van der Waals surface area contributed by atoms with Gasteiger partial charge in [-0.2, -0.15) is 0 Å². The lowest BCUT2D eigenvalue weighted by Gasteiger charge is -2.31. The molecule has 0 bridgehead atoms. The van der Waals surface area contributed by atoms with Crippen LogP contribution in [-0.4, -0.2) is 28.1 Å². The van der Waals surface area contributed by atoms with E-state index in [0.29, 0.717) is 18.1 Å². The van der Waals surface area contributed by atoms with Gasteiger partial charge in [0.2, 0.25) is 0 Å². The number of aromatic nitrogens is 2. The zero-order chi connectivity index (χ0) is 15.8. The molecule has 0 radical (unpaired) electrons. The molecule has 0 aromatic carbocycles. The molecule has 2 aromatic rings. The molecule has 4 rings (SSSR count). The maximum absolute atomic E-state index is 4.59. The fraction of sp³-hybridized carbons (Fsp3) is 0.667. The highest BCUT2D eigenvalue weighted by molar-refractivity contribution is 7.19. The molecule has 4 nitrogen and oxygen atoms in total. The van der Waals surface area contributed by atoms with Crippen LogP contribution in [0.4, 0.5) is 5.82 Å². The third-order valence-corrected chi connectivity index (χ3v) is 6.34. The van der Waals surface area contributed by atoms with Gasteiger partial charge in [0.1, 0.15) is 17.0 Å². The highest BCUT2D eigenvalue weighted by atomic mass is 32.1. The number of aryl methyl sites for hydroxylation is 2. The second kappa shape index (κ2) is 6.36. The van der Waals surface area contributed by atoms with Crippen LogP contribution in [0, 0.1) is 0 Å². The van der Waals surface area contributed by atoms with Crippen LogP contribution in [0.2, 0.25) is 0 Å². The van der Waals surface area contributed by atoms with Crippen LogP contribution in [0.5, 0.6) is 0 Å². The van der Waals surface area contributed by atoms with Crippen molar-refractivity contribution in [1.29, 1.82) is 0 Å². The van der Waals surface area contributed by atoms with E-state index in [4.69, 9.17) is 0 Å². The Kier molecular flexibility index (Phi) is 4.24. The Morgan fingerprint density at radius 2 is 1.87 bits per heavy atom. The minimum Gasteiger partial charge on any atom is -0.367 e. The molecule has 5 heteroatoms. The van der Waals surface area contributed by atoms with Crippen molar-refractivity contribution in [3.05, 3.63) is 16.8 Å². The summed E-state index contributed by atoms with van der Waals surface area (Å²) in [6, 6.07) is 1.82. The number of hydrogen-bond acceptors (Lipinski definition) is 5. The molecule has 124 valence electrons. The van der Waals surface area contributed by atoms with Crippen molar-refractivity contribution in [3.63, 3.8) is 0 Å². The van der Waals surface area contributed by atoms with Crippen LogP contribution in [0.25, 0.3) is 10.2 Å². The molecule has 0 aliphatic heterocycles. The summed E-state index contributed by atoms with van der Waals surface area (Å²) >= 11 is 1.87. The molecule has 23 heavy (non-hydrogen) atoms. The topological polar surface area (TPSA) is 49.8 Å². The Labute approximate surface area is 142 Å². The van der Waals surface area contributed by atoms with Gasteiger partial charge in [0, 0.05) is 23.0 Å². The van der Waals surface area contributed by atoms with E-state index in [2.05, 4.69) is 34.4 Å². The molecule has 2 heterocycles. The van der Waals surface area contributed by atoms with Crippen molar-refractivity contribution in [2.24, 2.45) is 0 Å². The number of fused-ring (bicyclic) bond motifs is 3. The lowest BCUT2D eigenvalue weighted by Crippen LogP contribution is -2.40. The Morgan fingerprint density at radius 3 is 2.65 bits per heavy atom. The summed E-state index contributed by atoms with van der Waals surface area (Å²) in [4.78, 5) is 11.8. The van der Waals surface area contributed by atoms with Crippen molar-refractivity contribution in [2.45, 2.75) is 76.9 Å². The molecule has 2 aliphatic carbocycles. The fourth-order valence-electron chi connectivity index (χ4n) is 4.11. The zero-order valence-corrected chi connectivity index (χ0v) is 14.9. The van der Waals surface area contributed by atoms with Gasteiger partial charge >= 0.3 is 0 Å². The van der Waals surface area contributed by atoms with Crippen molar-refractivity contribution in [3.8, 4) is 0 Å². The van der Waals surface area contributed by atoms with Crippen molar-refractivity contribution in [1.82, 2.24) is 15.3 Å². The first-order valence-electron chi connectivity index (χ1n) is 8.98. The maximum atomic E-state index is 4.59. The van der Waals surface area contributed by atoms with Gasteiger partial charge in [0.15, 0.2) is 0 Å². The Balaban J connectivity index is 1.49. The number of anilines is 1. The molecule has 0 saturated heterocycles. The minimum atomic E-state index is 0.551. The molecule has 1 saturated carbocycles. The van der Waals surface area contributed by atoms with E-state index in [1.54, 1.807) is 6.33 Å². The first-order valence-corrected chi connectivity index (χ1v) is 9.80. The maximum Gasteiger partial charge on any atom is 0.138 e. The third kappa shape index (κ3) is 3.09. The van der Waals surface area contributed by atoms with Crippen LogP contribution in [0.15, 0.2) is 6.33 Å². The van der Waals surface area contributed by atoms with Crippen LogP contribution < -0.4 is 10.6 Å². The third-order valence-electron chi connectivity index (χ3n) is 5.14. The second-order valence-electron chi connectivity index (χ2n) is 7.27. The molecule has 2 aliphatic rings. The monoisotopic (exact) mass is 330 g/mol. The quantitative estimate of drug-likeness (QED) is 0.892. The summed E-state index contributed by atoms with van der Waals surface area (Å²) in [6.45, 7) is 4.47. The summed E-state index contributed by atoms with van der Waals surface area (Å²) in [5, 5.41) is 8.73. The average Bonchev–Trinajstić information content (AvgIpc) is 3.09. The van der Waals surface area contributed by atoms with Gasteiger partial charge in [-0.25, -0.2) is 9.97 Å². The summed E-state index contributed by atoms with van der Waals surface area (Å²) in [5.41, 5.74) is 1.52. The molecule has 1 fully saturated rings. The first kappa shape index (κ1) is 15.3. The number of nitrogens with one attached hydrogen (secondary N) is 2. The second-order valence-corrected chi connectivity index (χ2v) is 8.36. The molecule has 0 spiro atoms. The summed E-state index contributed by atoms with van der Waals surface area (Å²) in [5.74, 6) is 1.08. The molecular formula is C18H26N4S. The van der Waals surface area contributed by atoms with Gasteiger partial charge < -0.3 is 10.6 Å². The van der Waals surface area contributed by atoms with Crippen molar-refractivity contribution < 1.29 is 0 Å². The van der Waals surface area contributed by atoms with Crippen molar-refractivity contribution in [2.75, 3.05) is 5.32 Å². The first-order chi connectivity index (χ1) is 11.2. The normalized spacial score (nSPS) is 24.3. The predicted octanol–water partition coefficient (Wildman–Crippen LogP) is 3.90. The van der Waals surface area contributed by atoms with E-state index in [1.807, 2.05) is 11.3 Å². The van der Waals surface area contributed by atoms with Crippen LogP contribution >= 0.6 is 11.3 Å². The standard InChI is InChI=1S/C18H26N4S/c1-11(2)21-12-6-8-13(9-7-12)22-17-16-14-4-3-5-15(14)23-18(16)20-10-19-17/h10-13,21H,3-9H2,1-2H3,(H,19,20,22)/t12-,13+.